The van der Waals surface area contributed by atoms with Gasteiger partial charge in [-0.05, 0) is 26.2 Å². The quantitative estimate of drug-likeness (QED) is 0.0938. The minimum absolute atomic E-state index is 0.151. The van der Waals surface area contributed by atoms with Gasteiger partial charge in [0.1, 0.15) is 6.61 Å². The Labute approximate surface area is 213 Å². The van der Waals surface area contributed by atoms with Crippen molar-refractivity contribution in [3.63, 3.8) is 0 Å². The van der Waals surface area contributed by atoms with Crippen LogP contribution in [0.2, 0.25) is 0 Å². The molecule has 7 heteroatoms. The number of rotatable bonds is 23. The summed E-state index contributed by atoms with van der Waals surface area (Å²) in [6.07, 6.45) is 13.9. The number of aliphatic hydroxyl groups excluding tert-OH is 1. The largest absolute Gasteiger partial charge is 0.454 e. The van der Waals surface area contributed by atoms with Gasteiger partial charge in [0.15, 0.2) is 6.10 Å². The smallest absolute Gasteiger partial charge is 0.316 e. The number of carbonyl (C=O) groups excluding carboxylic acids is 3. The Kier molecular flexibility index (Phi) is 20.6. The first-order valence-corrected chi connectivity index (χ1v) is 14.1. The molecule has 0 radical (unpaired) electrons. The Morgan fingerprint density at radius 1 is 0.600 bits per heavy atom. The zero-order chi connectivity index (χ0) is 26.4. The van der Waals surface area contributed by atoms with E-state index in [1.807, 2.05) is 0 Å². The average molecular weight is 501 g/mol. The van der Waals surface area contributed by atoms with Crippen molar-refractivity contribution in [2.75, 3.05) is 6.61 Å². The maximum atomic E-state index is 12.6. The number of esters is 3. The highest BCUT2D eigenvalue weighted by atomic mass is 16.8. The molecule has 1 unspecified atom stereocenters. The highest BCUT2D eigenvalue weighted by molar-refractivity contribution is 5.73. The van der Waals surface area contributed by atoms with Crippen molar-refractivity contribution in [3.05, 3.63) is 0 Å². The van der Waals surface area contributed by atoms with Crippen molar-refractivity contribution in [1.29, 1.82) is 0 Å². The number of hydrogen-bond acceptors (Lipinski definition) is 7. The van der Waals surface area contributed by atoms with Crippen molar-refractivity contribution >= 4 is 17.9 Å². The molecule has 0 spiro atoms. The summed E-state index contributed by atoms with van der Waals surface area (Å²) in [5.74, 6) is -3.64. The second-order valence-electron chi connectivity index (χ2n) is 9.54. The number of aliphatic hydroxyl groups is 1. The average Bonchev–Trinajstić information content (AvgIpc) is 2.83. The summed E-state index contributed by atoms with van der Waals surface area (Å²) in [6.45, 7) is 7.09. The van der Waals surface area contributed by atoms with Crippen LogP contribution in [0.25, 0.3) is 0 Å². The third-order valence-corrected chi connectivity index (χ3v) is 6.17. The van der Waals surface area contributed by atoms with Crippen molar-refractivity contribution < 1.29 is 33.7 Å². The maximum Gasteiger partial charge on any atom is 0.316 e. The predicted molar refractivity (Wildman–Crippen MR) is 138 cm³/mol. The summed E-state index contributed by atoms with van der Waals surface area (Å²) < 4.78 is 16.5. The van der Waals surface area contributed by atoms with Gasteiger partial charge in [-0.3, -0.25) is 14.4 Å². The van der Waals surface area contributed by atoms with Gasteiger partial charge in [0, 0.05) is 19.3 Å². The van der Waals surface area contributed by atoms with Gasteiger partial charge in [0.2, 0.25) is 0 Å². The molecule has 0 rings (SSSR count). The number of hydrogen-bond donors (Lipinski definition) is 1. The normalized spacial score (nSPS) is 12.3. The van der Waals surface area contributed by atoms with E-state index in [0.29, 0.717) is 19.3 Å². The molecule has 35 heavy (non-hydrogen) atoms. The van der Waals surface area contributed by atoms with Crippen LogP contribution in [0.15, 0.2) is 0 Å². The molecule has 0 aliphatic carbocycles. The fourth-order valence-electron chi connectivity index (χ4n) is 3.83. The molecule has 0 aromatic carbocycles. The summed E-state index contributed by atoms with van der Waals surface area (Å²) >= 11 is 0. The minimum atomic E-state index is -2.03. The first-order valence-electron chi connectivity index (χ1n) is 14.1. The molecule has 206 valence electrons. The fraction of sp³-hybridized carbons (Fsp3) is 0.893. The fourth-order valence-corrected chi connectivity index (χ4v) is 3.83. The van der Waals surface area contributed by atoms with Gasteiger partial charge >= 0.3 is 23.7 Å². The van der Waals surface area contributed by atoms with Gasteiger partial charge < -0.3 is 19.3 Å². The lowest BCUT2D eigenvalue weighted by atomic mass is 10.1. The van der Waals surface area contributed by atoms with Gasteiger partial charge in [0.05, 0.1) is 0 Å². The molecule has 0 aromatic heterocycles. The Balaban J connectivity index is 5.06. The molecule has 0 heterocycles. The Morgan fingerprint density at radius 2 is 0.943 bits per heavy atom. The van der Waals surface area contributed by atoms with E-state index < -0.39 is 36.4 Å². The van der Waals surface area contributed by atoms with Crippen LogP contribution in [-0.2, 0) is 28.6 Å². The second-order valence-corrected chi connectivity index (χ2v) is 9.54. The van der Waals surface area contributed by atoms with Gasteiger partial charge in [-0.2, -0.15) is 0 Å². The van der Waals surface area contributed by atoms with Gasteiger partial charge in [-0.1, -0.05) is 97.8 Å². The van der Waals surface area contributed by atoms with E-state index in [-0.39, 0.29) is 19.3 Å². The summed E-state index contributed by atoms with van der Waals surface area (Å²) in [5, 5.41) is 10.2. The molecule has 0 aliphatic rings. The molecule has 7 nitrogen and oxygen atoms in total. The van der Waals surface area contributed by atoms with Crippen molar-refractivity contribution in [3.8, 4) is 0 Å². The molecule has 0 bridgehead atoms. The third-order valence-electron chi connectivity index (χ3n) is 6.17. The van der Waals surface area contributed by atoms with E-state index in [1.54, 1.807) is 0 Å². The minimum Gasteiger partial charge on any atom is -0.454 e. The Hall–Kier alpha value is -1.63. The first-order chi connectivity index (χ1) is 16.8. The highest BCUT2D eigenvalue weighted by Crippen LogP contribution is 2.25. The molecular formula is C28H52O7. The number of unbranched alkanes of at least 4 members (excludes halogenated alkanes) is 12. The monoisotopic (exact) mass is 500 g/mol. The Bertz CT molecular complexity index is 534. The van der Waals surface area contributed by atoms with Crippen LogP contribution in [-0.4, -0.2) is 41.5 Å². The van der Waals surface area contributed by atoms with Crippen LogP contribution in [0, 0.1) is 0 Å². The lowest BCUT2D eigenvalue weighted by Crippen LogP contribution is -2.53. The van der Waals surface area contributed by atoms with Crippen LogP contribution in [0.3, 0.4) is 0 Å². The molecule has 0 saturated carbocycles. The van der Waals surface area contributed by atoms with Crippen LogP contribution in [0.1, 0.15) is 143 Å². The topological polar surface area (TPSA) is 99.1 Å². The zero-order valence-electron chi connectivity index (χ0n) is 22.9. The van der Waals surface area contributed by atoms with E-state index in [9.17, 15) is 19.5 Å². The first kappa shape index (κ1) is 33.4. The van der Waals surface area contributed by atoms with Gasteiger partial charge in [-0.25, -0.2) is 0 Å². The second kappa shape index (κ2) is 21.6. The molecule has 0 amide bonds. The Morgan fingerprint density at radius 3 is 1.29 bits per heavy atom. The van der Waals surface area contributed by atoms with Gasteiger partial charge in [0.25, 0.3) is 0 Å². The zero-order valence-corrected chi connectivity index (χ0v) is 22.9. The molecule has 0 aromatic rings. The SMILES string of the molecule is CCCCCCCC(=O)OC(C)C(CO)(OC(=O)CCCCCCC)OC(=O)CCCCCCC. The van der Waals surface area contributed by atoms with E-state index in [2.05, 4.69) is 20.8 Å². The van der Waals surface area contributed by atoms with E-state index in [0.717, 1.165) is 77.0 Å². The van der Waals surface area contributed by atoms with E-state index in [4.69, 9.17) is 14.2 Å². The van der Waals surface area contributed by atoms with Crippen LogP contribution in [0.4, 0.5) is 0 Å². The van der Waals surface area contributed by atoms with E-state index in [1.165, 1.54) is 6.92 Å². The standard InChI is InChI=1S/C28H52O7/c1-5-8-11-14-17-20-25(30)33-24(4)28(23-29,34-26(31)21-18-15-12-9-6-2)35-27(32)22-19-16-13-10-7-3/h24,29H,5-23H2,1-4H3. The lowest BCUT2D eigenvalue weighted by molar-refractivity contribution is -0.274. The lowest BCUT2D eigenvalue weighted by Gasteiger charge is -2.35. The van der Waals surface area contributed by atoms with Gasteiger partial charge in [-0.15, -0.1) is 0 Å². The molecule has 1 atom stereocenters. The summed E-state index contributed by atoms with van der Waals surface area (Å²) in [4.78, 5) is 37.5. The molecular weight excluding hydrogens is 448 g/mol. The van der Waals surface area contributed by atoms with Crippen molar-refractivity contribution in [1.82, 2.24) is 0 Å². The molecule has 1 N–H and O–H groups in total. The predicted octanol–water partition coefficient (Wildman–Crippen LogP) is 6.77. The molecule has 0 saturated heterocycles. The summed E-state index contributed by atoms with van der Waals surface area (Å²) in [6, 6.07) is 0. The number of carbonyl (C=O) groups is 3. The molecule has 0 aliphatic heterocycles. The van der Waals surface area contributed by atoms with E-state index >= 15 is 0 Å². The summed E-state index contributed by atoms with van der Waals surface area (Å²) in [5.41, 5.74) is 0. The van der Waals surface area contributed by atoms with Crippen molar-refractivity contribution in [2.45, 2.75) is 155 Å². The highest BCUT2D eigenvalue weighted by Gasteiger charge is 2.46. The van der Waals surface area contributed by atoms with Crippen LogP contribution >= 0.6 is 0 Å². The van der Waals surface area contributed by atoms with Crippen molar-refractivity contribution in [2.24, 2.45) is 0 Å². The molecule has 0 fully saturated rings. The number of ether oxygens (including phenoxy) is 3. The van der Waals surface area contributed by atoms with Crippen LogP contribution in [0.5, 0.6) is 0 Å². The third kappa shape index (κ3) is 16.6. The summed E-state index contributed by atoms with van der Waals surface area (Å²) in [7, 11) is 0. The van der Waals surface area contributed by atoms with Crippen LogP contribution < -0.4 is 0 Å². The maximum absolute atomic E-state index is 12.6.